The molecule has 0 amide bonds. The second-order valence-corrected chi connectivity index (χ2v) is 5.46. The van der Waals surface area contributed by atoms with Crippen LogP contribution in [0.15, 0.2) is 35.4 Å². The van der Waals surface area contributed by atoms with Crippen molar-refractivity contribution in [2.24, 2.45) is 0 Å². The average Bonchev–Trinajstić information content (AvgIpc) is 3.04. The summed E-state index contributed by atoms with van der Waals surface area (Å²) in [6.07, 6.45) is 1.29. The Kier molecular flexibility index (Phi) is 1.69. The second kappa shape index (κ2) is 2.98. The minimum Gasteiger partial charge on any atom is -0.366 e. The predicted octanol–water partition coefficient (Wildman–Crippen LogP) is 2.31. The van der Waals surface area contributed by atoms with Crippen LogP contribution in [-0.4, -0.2) is 23.3 Å². The molecule has 3 nitrogen and oxygen atoms in total. The summed E-state index contributed by atoms with van der Waals surface area (Å²) in [5.41, 5.74) is 2.24. The summed E-state index contributed by atoms with van der Waals surface area (Å²) < 4.78 is 5.61. The SMILES string of the molecule is C[C@@]12CC3=C(C[C@@H]1O2)C(=O)c1ccccc1C3=O. The van der Waals surface area contributed by atoms with Gasteiger partial charge < -0.3 is 4.74 Å². The van der Waals surface area contributed by atoms with Crippen LogP contribution in [0.1, 0.15) is 40.5 Å². The van der Waals surface area contributed by atoms with E-state index in [1.54, 1.807) is 24.3 Å². The van der Waals surface area contributed by atoms with Crippen LogP contribution in [0.2, 0.25) is 0 Å². The molecular weight excluding hydrogens is 228 g/mol. The van der Waals surface area contributed by atoms with E-state index in [1.165, 1.54) is 0 Å². The number of epoxide rings is 1. The first-order valence-electron chi connectivity index (χ1n) is 6.18. The molecule has 1 aromatic rings. The molecule has 0 saturated carbocycles. The number of carbonyl (C=O) groups excluding carboxylic acids is 2. The van der Waals surface area contributed by atoms with Crippen molar-refractivity contribution in [1.82, 2.24) is 0 Å². The molecule has 1 heterocycles. The predicted molar refractivity (Wildman–Crippen MR) is 64.6 cm³/mol. The highest BCUT2D eigenvalue weighted by atomic mass is 16.6. The van der Waals surface area contributed by atoms with E-state index in [0.29, 0.717) is 35.1 Å². The third kappa shape index (κ3) is 1.12. The van der Waals surface area contributed by atoms with E-state index in [2.05, 4.69) is 0 Å². The molecule has 3 aliphatic rings. The maximum absolute atomic E-state index is 12.4. The van der Waals surface area contributed by atoms with Crippen molar-refractivity contribution in [3.8, 4) is 0 Å². The lowest BCUT2D eigenvalue weighted by molar-refractivity contribution is 0.0964. The molecule has 0 N–H and O–H groups in total. The highest BCUT2D eigenvalue weighted by Gasteiger charge is 2.57. The molecule has 1 saturated heterocycles. The average molecular weight is 240 g/mol. The van der Waals surface area contributed by atoms with Crippen molar-refractivity contribution in [2.45, 2.75) is 31.5 Å². The molecule has 0 bridgehead atoms. The van der Waals surface area contributed by atoms with Crippen LogP contribution >= 0.6 is 0 Å². The van der Waals surface area contributed by atoms with Gasteiger partial charge in [0, 0.05) is 35.1 Å². The van der Waals surface area contributed by atoms with E-state index < -0.39 is 0 Å². The monoisotopic (exact) mass is 240 g/mol. The van der Waals surface area contributed by atoms with Crippen molar-refractivity contribution in [1.29, 1.82) is 0 Å². The van der Waals surface area contributed by atoms with Crippen molar-refractivity contribution in [3.05, 3.63) is 46.5 Å². The molecule has 0 spiro atoms. The number of benzene rings is 1. The van der Waals surface area contributed by atoms with Crippen LogP contribution in [0.3, 0.4) is 0 Å². The lowest BCUT2D eigenvalue weighted by atomic mass is 9.74. The standard InChI is InChI=1S/C15H12O3/c1-15-7-11-10(6-12(15)18-15)13(16)8-4-2-3-5-9(8)14(11)17/h2-5,12H,6-7H2,1H3/t12-,15+/m0/s1. The number of fused-ring (bicyclic) bond motifs is 2. The minimum absolute atomic E-state index is 0.00961. The molecule has 0 aromatic heterocycles. The fourth-order valence-corrected chi connectivity index (χ4v) is 3.12. The first kappa shape index (κ1) is 10.2. The molecule has 0 unspecified atom stereocenters. The third-order valence-electron chi connectivity index (χ3n) is 4.28. The van der Waals surface area contributed by atoms with Crippen molar-refractivity contribution >= 4 is 11.6 Å². The number of hydrogen-bond donors (Lipinski definition) is 0. The molecule has 3 heteroatoms. The van der Waals surface area contributed by atoms with Gasteiger partial charge >= 0.3 is 0 Å². The molecule has 18 heavy (non-hydrogen) atoms. The molecule has 2 aliphatic carbocycles. The van der Waals surface area contributed by atoms with Crippen LogP contribution in [0.25, 0.3) is 0 Å². The zero-order valence-electron chi connectivity index (χ0n) is 10.0. The highest BCUT2D eigenvalue weighted by molar-refractivity contribution is 6.27. The largest absolute Gasteiger partial charge is 0.366 e. The number of ketones is 2. The summed E-state index contributed by atoms with van der Waals surface area (Å²) in [6.45, 7) is 2.01. The Bertz CT molecular complexity index is 641. The topological polar surface area (TPSA) is 46.7 Å². The fraction of sp³-hybridized carbons (Fsp3) is 0.333. The molecule has 1 fully saturated rings. The molecule has 4 rings (SSSR count). The van der Waals surface area contributed by atoms with Crippen LogP contribution in [0, 0.1) is 0 Å². The minimum atomic E-state index is -0.207. The van der Waals surface area contributed by atoms with E-state index in [1.807, 2.05) is 6.92 Å². The summed E-state index contributed by atoms with van der Waals surface area (Å²) in [6, 6.07) is 7.08. The van der Waals surface area contributed by atoms with Crippen LogP contribution in [0.4, 0.5) is 0 Å². The van der Waals surface area contributed by atoms with Gasteiger partial charge in [-0.2, -0.15) is 0 Å². The van der Waals surface area contributed by atoms with E-state index in [-0.39, 0.29) is 23.3 Å². The number of Topliss-reactive ketones (excluding diaryl/α,β-unsaturated/α-hetero) is 2. The summed E-state index contributed by atoms with van der Waals surface area (Å²) in [5, 5.41) is 0. The summed E-state index contributed by atoms with van der Waals surface area (Å²) in [5.74, 6) is 0.0214. The van der Waals surface area contributed by atoms with E-state index in [9.17, 15) is 9.59 Å². The Morgan fingerprint density at radius 1 is 1.11 bits per heavy atom. The van der Waals surface area contributed by atoms with Crippen molar-refractivity contribution in [2.75, 3.05) is 0 Å². The smallest absolute Gasteiger partial charge is 0.190 e. The van der Waals surface area contributed by atoms with Gasteiger partial charge in [-0.15, -0.1) is 0 Å². The summed E-state index contributed by atoms with van der Waals surface area (Å²) in [7, 11) is 0. The van der Waals surface area contributed by atoms with Gasteiger partial charge in [0.1, 0.15) is 0 Å². The zero-order chi connectivity index (χ0) is 12.5. The van der Waals surface area contributed by atoms with E-state index >= 15 is 0 Å². The molecule has 1 aromatic carbocycles. The number of rotatable bonds is 0. The molecule has 90 valence electrons. The first-order chi connectivity index (χ1) is 8.60. The normalized spacial score (nSPS) is 32.8. The summed E-state index contributed by atoms with van der Waals surface area (Å²) >= 11 is 0. The number of hydrogen-bond acceptors (Lipinski definition) is 3. The lowest BCUT2D eigenvalue weighted by Gasteiger charge is -2.25. The quantitative estimate of drug-likeness (QED) is 0.654. The zero-order valence-corrected chi connectivity index (χ0v) is 10.0. The third-order valence-corrected chi connectivity index (χ3v) is 4.28. The summed E-state index contributed by atoms with van der Waals surface area (Å²) in [4.78, 5) is 24.8. The van der Waals surface area contributed by atoms with Gasteiger partial charge in [0.05, 0.1) is 11.7 Å². The second-order valence-electron chi connectivity index (χ2n) is 5.46. The van der Waals surface area contributed by atoms with Crippen LogP contribution in [0.5, 0.6) is 0 Å². The van der Waals surface area contributed by atoms with E-state index in [4.69, 9.17) is 4.74 Å². The molecular formula is C15H12O3. The molecule has 0 radical (unpaired) electrons. The van der Waals surface area contributed by atoms with Gasteiger partial charge in [-0.3, -0.25) is 9.59 Å². The van der Waals surface area contributed by atoms with Gasteiger partial charge in [0.25, 0.3) is 0 Å². The fourth-order valence-electron chi connectivity index (χ4n) is 3.12. The number of carbonyl (C=O) groups is 2. The van der Waals surface area contributed by atoms with Crippen LogP contribution < -0.4 is 0 Å². The van der Waals surface area contributed by atoms with Crippen molar-refractivity contribution < 1.29 is 14.3 Å². The highest BCUT2D eigenvalue weighted by Crippen LogP contribution is 2.51. The maximum Gasteiger partial charge on any atom is 0.190 e. The molecule has 1 aliphatic heterocycles. The molecule has 2 atom stereocenters. The Balaban J connectivity index is 1.90. The van der Waals surface area contributed by atoms with Gasteiger partial charge in [-0.25, -0.2) is 0 Å². The maximum atomic E-state index is 12.4. The number of ether oxygens (including phenoxy) is 1. The first-order valence-corrected chi connectivity index (χ1v) is 6.18. The Morgan fingerprint density at radius 3 is 2.39 bits per heavy atom. The lowest BCUT2D eigenvalue weighted by Crippen LogP contribution is -2.30. The van der Waals surface area contributed by atoms with Gasteiger partial charge in [-0.05, 0) is 6.92 Å². The van der Waals surface area contributed by atoms with E-state index in [0.717, 1.165) is 0 Å². The van der Waals surface area contributed by atoms with Crippen molar-refractivity contribution in [3.63, 3.8) is 0 Å². The van der Waals surface area contributed by atoms with Gasteiger partial charge in [-0.1, -0.05) is 24.3 Å². The van der Waals surface area contributed by atoms with Gasteiger partial charge in [0.2, 0.25) is 0 Å². The Morgan fingerprint density at radius 2 is 1.72 bits per heavy atom. The van der Waals surface area contributed by atoms with Crippen LogP contribution in [-0.2, 0) is 4.74 Å². The Labute approximate surface area is 104 Å². The van der Waals surface area contributed by atoms with Gasteiger partial charge in [0.15, 0.2) is 11.6 Å². The Hall–Kier alpha value is -1.74.